The minimum atomic E-state index is -0.246. The summed E-state index contributed by atoms with van der Waals surface area (Å²) in [4.78, 5) is 19.4. The molecule has 0 aliphatic carbocycles. The van der Waals surface area contributed by atoms with Crippen molar-refractivity contribution >= 4 is 40.3 Å². The van der Waals surface area contributed by atoms with Crippen LogP contribution in [0.4, 0.5) is 15.8 Å². The number of thioether (sulfide) groups is 1. The molecular formula is C22H22FN3OS. The zero-order chi connectivity index (χ0) is 19.7. The molecule has 2 saturated heterocycles. The van der Waals surface area contributed by atoms with E-state index in [1.165, 1.54) is 23.4 Å². The third-order valence-corrected chi connectivity index (χ3v) is 5.85. The predicted molar refractivity (Wildman–Crippen MR) is 115 cm³/mol. The van der Waals surface area contributed by atoms with E-state index < -0.39 is 0 Å². The second-order valence-electron chi connectivity index (χ2n) is 7.18. The Labute approximate surface area is 168 Å². The summed E-state index contributed by atoms with van der Waals surface area (Å²) in [5.41, 5.74) is 4.37. The number of amides is 1. The summed E-state index contributed by atoms with van der Waals surface area (Å²) in [6.45, 7) is 5.82. The molecule has 0 spiro atoms. The maximum atomic E-state index is 14.5. The maximum absolute atomic E-state index is 14.5. The van der Waals surface area contributed by atoms with Gasteiger partial charge >= 0.3 is 0 Å². The van der Waals surface area contributed by atoms with Gasteiger partial charge in [0.25, 0.3) is 5.91 Å². The normalized spacial score (nSPS) is 19.7. The van der Waals surface area contributed by atoms with E-state index in [1.54, 1.807) is 12.1 Å². The smallest absolute Gasteiger partial charge is 0.264 e. The summed E-state index contributed by atoms with van der Waals surface area (Å²) in [5, 5.41) is 3.33. The van der Waals surface area contributed by atoms with E-state index in [2.05, 4.69) is 21.3 Å². The van der Waals surface area contributed by atoms with Gasteiger partial charge in [0.05, 0.1) is 16.3 Å². The van der Waals surface area contributed by atoms with Crippen LogP contribution in [0.15, 0.2) is 46.3 Å². The van der Waals surface area contributed by atoms with Crippen LogP contribution < -0.4 is 10.2 Å². The Hall–Kier alpha value is -2.60. The van der Waals surface area contributed by atoms with Gasteiger partial charge < -0.3 is 10.2 Å². The topological polar surface area (TPSA) is 44.7 Å². The average Bonchev–Trinajstić information content (AvgIpc) is 3.28. The largest absolute Gasteiger partial charge is 0.369 e. The van der Waals surface area contributed by atoms with Crippen molar-refractivity contribution < 1.29 is 9.18 Å². The van der Waals surface area contributed by atoms with Crippen LogP contribution in [0.2, 0.25) is 0 Å². The maximum Gasteiger partial charge on any atom is 0.264 e. The van der Waals surface area contributed by atoms with Crippen LogP contribution in [-0.4, -0.2) is 24.2 Å². The molecule has 1 N–H and O–H groups in total. The summed E-state index contributed by atoms with van der Waals surface area (Å²) in [5.74, 6) is -0.457. The number of nitrogens with zero attached hydrogens (tertiary/aromatic N) is 2. The van der Waals surface area contributed by atoms with Crippen molar-refractivity contribution in [3.8, 4) is 0 Å². The predicted octanol–water partition coefficient (Wildman–Crippen LogP) is 4.93. The van der Waals surface area contributed by atoms with Gasteiger partial charge in [0.15, 0.2) is 5.17 Å². The second kappa shape index (κ2) is 7.80. The van der Waals surface area contributed by atoms with E-state index >= 15 is 0 Å². The number of aliphatic imine (C=N–C) groups is 1. The summed E-state index contributed by atoms with van der Waals surface area (Å²) in [6.07, 6.45) is 3.91. The summed E-state index contributed by atoms with van der Waals surface area (Å²) >= 11 is 1.27. The number of carbonyl (C=O) groups excluding carboxylic acids is 1. The lowest BCUT2D eigenvalue weighted by Gasteiger charge is -2.18. The Morgan fingerprint density at radius 1 is 1.14 bits per heavy atom. The first-order chi connectivity index (χ1) is 13.5. The molecule has 2 aliphatic rings. The number of halogens is 1. The van der Waals surface area contributed by atoms with E-state index in [9.17, 15) is 9.18 Å². The number of rotatable bonds is 3. The molecule has 2 heterocycles. The lowest BCUT2D eigenvalue weighted by Crippen LogP contribution is -2.19. The number of nitrogens with one attached hydrogen (secondary N) is 1. The van der Waals surface area contributed by atoms with E-state index in [4.69, 9.17) is 0 Å². The number of carbonyl (C=O) groups is 1. The highest BCUT2D eigenvalue weighted by Crippen LogP contribution is 2.31. The second-order valence-corrected chi connectivity index (χ2v) is 8.21. The molecule has 2 aromatic carbocycles. The number of amidine groups is 1. The molecule has 28 heavy (non-hydrogen) atoms. The third-order valence-electron chi connectivity index (χ3n) is 4.94. The van der Waals surface area contributed by atoms with E-state index in [0.717, 1.165) is 37.2 Å². The monoisotopic (exact) mass is 395 g/mol. The highest BCUT2D eigenvalue weighted by Gasteiger charge is 2.24. The van der Waals surface area contributed by atoms with Gasteiger partial charge in [0.1, 0.15) is 5.82 Å². The molecule has 0 unspecified atom stereocenters. The number of aryl methyl sites for hydroxylation is 2. The van der Waals surface area contributed by atoms with Crippen molar-refractivity contribution in [1.29, 1.82) is 0 Å². The molecule has 0 radical (unpaired) electrons. The molecule has 6 heteroatoms. The molecule has 4 nitrogen and oxygen atoms in total. The average molecular weight is 396 g/mol. The van der Waals surface area contributed by atoms with Crippen LogP contribution in [0.1, 0.15) is 29.5 Å². The first kappa shape index (κ1) is 18.7. The molecule has 2 fully saturated rings. The number of anilines is 1. The van der Waals surface area contributed by atoms with Crippen molar-refractivity contribution in [2.24, 2.45) is 4.99 Å². The van der Waals surface area contributed by atoms with E-state index in [0.29, 0.717) is 21.3 Å². The molecule has 0 atom stereocenters. The van der Waals surface area contributed by atoms with Gasteiger partial charge in [-0.25, -0.2) is 9.38 Å². The standard InChI is InChI=1S/C22H22FN3OS/c1-14-5-7-18(15(2)11-14)24-22-25-21(27)20(28-22)13-16-6-8-19(17(23)12-16)26-9-3-4-10-26/h5-8,11-13H,3-4,9-10H2,1-2H3,(H,24,25,27). The SMILES string of the molecule is Cc1ccc(N=C2NC(=O)C(=Cc3ccc(N4CCCC4)c(F)c3)S2)c(C)c1. The van der Waals surface area contributed by atoms with Gasteiger partial charge in [-0.15, -0.1) is 0 Å². The van der Waals surface area contributed by atoms with Crippen LogP contribution in [0, 0.1) is 19.7 Å². The number of hydrogen-bond donors (Lipinski definition) is 1. The fourth-order valence-electron chi connectivity index (χ4n) is 3.50. The van der Waals surface area contributed by atoms with Gasteiger partial charge in [-0.1, -0.05) is 23.8 Å². The summed E-state index contributed by atoms with van der Waals surface area (Å²) < 4.78 is 14.5. The molecule has 2 aliphatic heterocycles. The van der Waals surface area contributed by atoms with E-state index in [-0.39, 0.29) is 11.7 Å². The zero-order valence-corrected chi connectivity index (χ0v) is 16.8. The Bertz CT molecular complexity index is 993. The van der Waals surface area contributed by atoms with Crippen molar-refractivity contribution in [1.82, 2.24) is 5.32 Å². The molecular weight excluding hydrogens is 373 g/mol. The Morgan fingerprint density at radius 3 is 2.64 bits per heavy atom. The number of benzene rings is 2. The Morgan fingerprint density at radius 2 is 1.93 bits per heavy atom. The molecule has 4 rings (SSSR count). The van der Waals surface area contributed by atoms with Crippen LogP contribution in [-0.2, 0) is 4.79 Å². The Balaban J connectivity index is 1.54. The molecule has 0 bridgehead atoms. The minimum absolute atomic E-state index is 0.211. The van der Waals surface area contributed by atoms with Gasteiger partial charge in [0, 0.05) is 13.1 Å². The van der Waals surface area contributed by atoms with Crippen molar-refractivity contribution in [3.05, 3.63) is 63.8 Å². The molecule has 1 amide bonds. The van der Waals surface area contributed by atoms with Crippen LogP contribution >= 0.6 is 11.8 Å². The zero-order valence-electron chi connectivity index (χ0n) is 16.0. The molecule has 0 aromatic heterocycles. The molecule has 2 aromatic rings. The van der Waals surface area contributed by atoms with Crippen molar-refractivity contribution in [3.63, 3.8) is 0 Å². The number of hydrogen-bond acceptors (Lipinski definition) is 4. The highest BCUT2D eigenvalue weighted by molar-refractivity contribution is 8.18. The summed E-state index contributed by atoms with van der Waals surface area (Å²) in [6, 6.07) is 11.1. The fraction of sp³-hybridized carbons (Fsp3) is 0.273. The first-order valence-electron chi connectivity index (χ1n) is 9.41. The van der Waals surface area contributed by atoms with Crippen LogP contribution in [0.25, 0.3) is 6.08 Å². The fourth-order valence-corrected chi connectivity index (χ4v) is 4.33. The van der Waals surface area contributed by atoms with Crippen molar-refractivity contribution in [2.75, 3.05) is 18.0 Å². The van der Waals surface area contributed by atoms with Gasteiger partial charge in [-0.2, -0.15) is 0 Å². The van der Waals surface area contributed by atoms with Crippen LogP contribution in [0.5, 0.6) is 0 Å². The lowest BCUT2D eigenvalue weighted by atomic mass is 10.1. The molecule has 0 saturated carbocycles. The van der Waals surface area contributed by atoms with Crippen molar-refractivity contribution in [2.45, 2.75) is 26.7 Å². The van der Waals surface area contributed by atoms with Gasteiger partial charge in [-0.3, -0.25) is 4.79 Å². The molecule has 144 valence electrons. The first-order valence-corrected chi connectivity index (χ1v) is 10.2. The highest BCUT2D eigenvalue weighted by atomic mass is 32.2. The van der Waals surface area contributed by atoms with Gasteiger partial charge in [0.2, 0.25) is 0 Å². The minimum Gasteiger partial charge on any atom is -0.369 e. The third kappa shape index (κ3) is 3.97. The lowest BCUT2D eigenvalue weighted by molar-refractivity contribution is -0.115. The van der Waals surface area contributed by atoms with Crippen LogP contribution in [0.3, 0.4) is 0 Å². The summed E-state index contributed by atoms with van der Waals surface area (Å²) in [7, 11) is 0. The Kier molecular flexibility index (Phi) is 5.22. The quantitative estimate of drug-likeness (QED) is 0.749. The van der Waals surface area contributed by atoms with E-state index in [1.807, 2.05) is 32.0 Å². The van der Waals surface area contributed by atoms with Gasteiger partial charge in [-0.05, 0) is 73.9 Å².